The average Bonchev–Trinajstić information content (AvgIpc) is 2.46. The number of rotatable bonds is 6. The number of hydrogen-bond acceptors (Lipinski definition) is 4. The molecule has 1 heterocycles. The van der Waals surface area contributed by atoms with Crippen LogP contribution in [0, 0.1) is 5.92 Å². The van der Waals surface area contributed by atoms with Gasteiger partial charge >= 0.3 is 0 Å². The standard InChI is InChI=1S/C15H18ClN3O2S/c1-11(2)9-17-15-8-7-12(10-18-15)19-22(20,21)14-6-4-3-5-13(14)16/h3-8,10-11,19H,9H2,1-2H3,(H,17,18). The molecule has 118 valence electrons. The van der Waals surface area contributed by atoms with Crippen molar-refractivity contribution in [3.63, 3.8) is 0 Å². The zero-order valence-electron chi connectivity index (χ0n) is 12.4. The summed E-state index contributed by atoms with van der Waals surface area (Å²) in [5.74, 6) is 1.20. The molecule has 2 aromatic rings. The van der Waals surface area contributed by atoms with E-state index in [0.29, 0.717) is 17.4 Å². The molecule has 0 amide bonds. The first-order valence-corrected chi connectivity index (χ1v) is 8.72. The third-order valence-electron chi connectivity index (χ3n) is 2.83. The lowest BCUT2D eigenvalue weighted by molar-refractivity contribution is 0.601. The summed E-state index contributed by atoms with van der Waals surface area (Å²) in [6.07, 6.45) is 1.47. The fourth-order valence-corrected chi connectivity index (χ4v) is 3.30. The first-order chi connectivity index (χ1) is 10.4. The molecule has 0 aliphatic heterocycles. The van der Waals surface area contributed by atoms with Crippen LogP contribution in [0.25, 0.3) is 0 Å². The van der Waals surface area contributed by atoms with Gasteiger partial charge in [0, 0.05) is 6.54 Å². The molecular weight excluding hydrogens is 322 g/mol. The normalized spacial score (nSPS) is 11.5. The topological polar surface area (TPSA) is 71.1 Å². The maximum Gasteiger partial charge on any atom is 0.263 e. The second kappa shape index (κ2) is 6.98. The van der Waals surface area contributed by atoms with Crippen LogP contribution in [-0.2, 0) is 10.0 Å². The van der Waals surface area contributed by atoms with Crippen molar-refractivity contribution >= 4 is 33.1 Å². The summed E-state index contributed by atoms with van der Waals surface area (Å²) < 4.78 is 27.0. The lowest BCUT2D eigenvalue weighted by atomic mass is 10.2. The van der Waals surface area contributed by atoms with E-state index in [1.165, 1.54) is 18.3 Å². The van der Waals surface area contributed by atoms with E-state index in [1.54, 1.807) is 24.3 Å². The zero-order valence-corrected chi connectivity index (χ0v) is 13.9. The lowest BCUT2D eigenvalue weighted by Gasteiger charge is -2.11. The van der Waals surface area contributed by atoms with Crippen molar-refractivity contribution in [1.82, 2.24) is 4.98 Å². The SMILES string of the molecule is CC(C)CNc1ccc(NS(=O)(=O)c2ccccc2Cl)cn1. The van der Waals surface area contributed by atoms with E-state index < -0.39 is 10.0 Å². The highest BCUT2D eigenvalue weighted by atomic mass is 35.5. The van der Waals surface area contributed by atoms with E-state index in [0.717, 1.165) is 6.54 Å². The largest absolute Gasteiger partial charge is 0.370 e. The first-order valence-electron chi connectivity index (χ1n) is 6.86. The maximum atomic E-state index is 12.3. The van der Waals surface area contributed by atoms with Gasteiger partial charge < -0.3 is 5.32 Å². The molecule has 0 saturated carbocycles. The molecular formula is C15H18ClN3O2S. The van der Waals surface area contributed by atoms with Gasteiger partial charge in [-0.2, -0.15) is 0 Å². The molecule has 0 bridgehead atoms. The Kier molecular flexibility index (Phi) is 5.26. The molecule has 0 aliphatic carbocycles. The average molecular weight is 340 g/mol. The highest BCUT2D eigenvalue weighted by Crippen LogP contribution is 2.23. The van der Waals surface area contributed by atoms with E-state index in [9.17, 15) is 8.42 Å². The van der Waals surface area contributed by atoms with Crippen LogP contribution in [0.2, 0.25) is 5.02 Å². The van der Waals surface area contributed by atoms with Gasteiger partial charge in [-0.05, 0) is 30.2 Å². The van der Waals surface area contributed by atoms with Gasteiger partial charge in [-0.25, -0.2) is 13.4 Å². The Hall–Kier alpha value is -1.79. The number of hydrogen-bond donors (Lipinski definition) is 2. The summed E-state index contributed by atoms with van der Waals surface area (Å²) in [5.41, 5.74) is 0.384. The first kappa shape index (κ1) is 16.6. The molecule has 0 unspecified atom stereocenters. The van der Waals surface area contributed by atoms with Crippen LogP contribution >= 0.6 is 11.6 Å². The number of sulfonamides is 1. The van der Waals surface area contributed by atoms with Crippen molar-refractivity contribution in [2.75, 3.05) is 16.6 Å². The van der Waals surface area contributed by atoms with Gasteiger partial charge in [0.25, 0.3) is 10.0 Å². The van der Waals surface area contributed by atoms with Crippen LogP contribution in [0.3, 0.4) is 0 Å². The maximum absolute atomic E-state index is 12.3. The molecule has 1 aromatic heterocycles. The van der Waals surface area contributed by atoms with Crippen molar-refractivity contribution in [2.45, 2.75) is 18.7 Å². The summed E-state index contributed by atoms with van der Waals surface area (Å²) >= 11 is 5.93. The molecule has 0 fully saturated rings. The van der Waals surface area contributed by atoms with E-state index in [-0.39, 0.29) is 9.92 Å². The molecule has 0 radical (unpaired) electrons. The Morgan fingerprint density at radius 2 is 1.91 bits per heavy atom. The summed E-state index contributed by atoms with van der Waals surface area (Å²) in [7, 11) is -3.72. The van der Waals surface area contributed by atoms with Gasteiger partial charge in [0.2, 0.25) is 0 Å². The van der Waals surface area contributed by atoms with Gasteiger partial charge in [-0.3, -0.25) is 4.72 Å². The molecule has 22 heavy (non-hydrogen) atoms. The van der Waals surface area contributed by atoms with Crippen LogP contribution in [0.5, 0.6) is 0 Å². The van der Waals surface area contributed by atoms with Crippen LogP contribution in [-0.4, -0.2) is 19.9 Å². The summed E-state index contributed by atoms with van der Waals surface area (Å²) in [6.45, 7) is 5.00. The molecule has 5 nitrogen and oxygen atoms in total. The minimum atomic E-state index is -3.72. The predicted molar refractivity (Wildman–Crippen MR) is 89.8 cm³/mol. The Balaban J connectivity index is 2.12. The monoisotopic (exact) mass is 339 g/mol. The van der Waals surface area contributed by atoms with Crippen molar-refractivity contribution in [2.24, 2.45) is 5.92 Å². The van der Waals surface area contributed by atoms with E-state index >= 15 is 0 Å². The molecule has 0 spiro atoms. The lowest BCUT2D eigenvalue weighted by Crippen LogP contribution is -2.14. The Labute approximate surface area is 135 Å². The molecule has 7 heteroatoms. The molecule has 2 rings (SSSR count). The highest BCUT2D eigenvalue weighted by Gasteiger charge is 2.17. The van der Waals surface area contributed by atoms with Gasteiger partial charge in [0.15, 0.2) is 0 Å². The Bertz CT molecular complexity index is 731. The second-order valence-corrected chi connectivity index (χ2v) is 7.30. The van der Waals surface area contributed by atoms with E-state index in [1.807, 2.05) is 0 Å². The number of nitrogens with zero attached hydrogens (tertiary/aromatic N) is 1. The minimum absolute atomic E-state index is 0.0404. The zero-order chi connectivity index (χ0) is 16.2. The van der Waals surface area contributed by atoms with Crippen molar-refractivity contribution in [1.29, 1.82) is 0 Å². The van der Waals surface area contributed by atoms with E-state index in [4.69, 9.17) is 11.6 Å². The fourth-order valence-electron chi connectivity index (χ4n) is 1.74. The van der Waals surface area contributed by atoms with Crippen molar-refractivity contribution in [3.05, 3.63) is 47.6 Å². The van der Waals surface area contributed by atoms with Gasteiger partial charge in [0.1, 0.15) is 10.7 Å². The third kappa shape index (κ3) is 4.35. The van der Waals surface area contributed by atoms with Gasteiger partial charge in [-0.15, -0.1) is 0 Å². The Morgan fingerprint density at radius 3 is 2.50 bits per heavy atom. The molecule has 0 atom stereocenters. The van der Waals surface area contributed by atoms with Crippen LogP contribution in [0.15, 0.2) is 47.5 Å². The number of halogens is 1. The van der Waals surface area contributed by atoms with Gasteiger partial charge in [0.05, 0.1) is 16.9 Å². The van der Waals surface area contributed by atoms with E-state index in [2.05, 4.69) is 28.9 Å². The molecule has 0 aliphatic rings. The van der Waals surface area contributed by atoms with Crippen LogP contribution in [0.1, 0.15) is 13.8 Å². The Morgan fingerprint density at radius 1 is 1.18 bits per heavy atom. The number of benzene rings is 1. The summed E-state index contributed by atoms with van der Waals surface area (Å²) in [6, 6.07) is 9.68. The number of anilines is 2. The number of aromatic nitrogens is 1. The van der Waals surface area contributed by atoms with Crippen molar-refractivity contribution < 1.29 is 8.42 Å². The number of nitrogens with one attached hydrogen (secondary N) is 2. The second-order valence-electron chi connectivity index (χ2n) is 5.24. The van der Waals surface area contributed by atoms with Gasteiger partial charge in [-0.1, -0.05) is 37.6 Å². The number of pyridine rings is 1. The smallest absolute Gasteiger partial charge is 0.263 e. The van der Waals surface area contributed by atoms with Crippen LogP contribution in [0.4, 0.5) is 11.5 Å². The predicted octanol–water partition coefficient (Wildman–Crippen LogP) is 3.60. The third-order valence-corrected chi connectivity index (χ3v) is 4.71. The quantitative estimate of drug-likeness (QED) is 0.843. The highest BCUT2D eigenvalue weighted by molar-refractivity contribution is 7.92. The van der Waals surface area contributed by atoms with Crippen LogP contribution < -0.4 is 10.0 Å². The molecule has 1 aromatic carbocycles. The minimum Gasteiger partial charge on any atom is -0.370 e. The summed E-state index contributed by atoms with van der Waals surface area (Å²) in [4.78, 5) is 4.22. The summed E-state index contributed by atoms with van der Waals surface area (Å²) in [5, 5.41) is 3.34. The molecule has 0 saturated heterocycles. The van der Waals surface area contributed by atoms with Crippen molar-refractivity contribution in [3.8, 4) is 0 Å². The molecule has 2 N–H and O–H groups in total. The fraction of sp³-hybridized carbons (Fsp3) is 0.267.